The first-order chi connectivity index (χ1) is 13.3. The van der Waals surface area contributed by atoms with Crippen LogP contribution in [0.3, 0.4) is 0 Å². The van der Waals surface area contributed by atoms with E-state index in [0.29, 0.717) is 6.10 Å². The maximum absolute atomic E-state index is 6.37. The average molecular weight is 375 g/mol. The summed E-state index contributed by atoms with van der Waals surface area (Å²) in [4.78, 5) is 0. The third kappa shape index (κ3) is 6.91. The largest absolute Gasteiger partial charge is 0.378 e. The Morgan fingerprint density at radius 1 is 0.704 bits per heavy atom. The lowest BCUT2D eigenvalue weighted by Gasteiger charge is -2.38. The molecule has 3 aliphatic rings. The molecule has 27 heavy (non-hydrogen) atoms. The summed E-state index contributed by atoms with van der Waals surface area (Å²) in [6.45, 7) is 7.27. The summed E-state index contributed by atoms with van der Waals surface area (Å²) in [5.74, 6) is 4.93. The molecule has 0 bridgehead atoms. The molecule has 0 heterocycles. The second-order valence-corrected chi connectivity index (χ2v) is 10.2. The van der Waals surface area contributed by atoms with Crippen LogP contribution in [-0.2, 0) is 4.74 Å². The molecule has 0 unspecified atom stereocenters. The third-order valence-corrected chi connectivity index (χ3v) is 8.29. The fourth-order valence-corrected chi connectivity index (χ4v) is 6.40. The van der Waals surface area contributed by atoms with Gasteiger partial charge in [-0.2, -0.15) is 0 Å². The molecule has 0 amide bonds. The van der Waals surface area contributed by atoms with Crippen molar-refractivity contribution in [1.82, 2.24) is 0 Å². The van der Waals surface area contributed by atoms with Gasteiger partial charge in [-0.1, -0.05) is 38.7 Å². The normalized spacial score (nSPS) is 37.8. The smallest absolute Gasteiger partial charge is 0.0575 e. The van der Waals surface area contributed by atoms with Crippen LogP contribution in [-0.4, -0.2) is 12.7 Å². The Hall–Kier alpha value is -0.300. The predicted octanol–water partition coefficient (Wildman–Crippen LogP) is 7.94. The van der Waals surface area contributed by atoms with E-state index in [0.717, 1.165) is 36.2 Å². The van der Waals surface area contributed by atoms with E-state index in [2.05, 4.69) is 19.6 Å². The summed E-state index contributed by atoms with van der Waals surface area (Å²) in [5, 5.41) is 0. The van der Waals surface area contributed by atoms with Gasteiger partial charge in [0.15, 0.2) is 0 Å². The van der Waals surface area contributed by atoms with Crippen LogP contribution < -0.4 is 0 Å². The van der Waals surface area contributed by atoms with E-state index in [9.17, 15) is 0 Å². The van der Waals surface area contributed by atoms with Crippen molar-refractivity contribution in [1.29, 1.82) is 0 Å². The summed E-state index contributed by atoms with van der Waals surface area (Å²) < 4.78 is 6.37. The summed E-state index contributed by atoms with van der Waals surface area (Å²) in [6, 6.07) is 0. The molecule has 3 rings (SSSR count). The maximum atomic E-state index is 6.37. The van der Waals surface area contributed by atoms with Crippen LogP contribution >= 0.6 is 0 Å². The second kappa shape index (κ2) is 11.6. The fraction of sp³-hybridized carbons (Fsp3) is 0.923. The van der Waals surface area contributed by atoms with Crippen LogP contribution in [0.5, 0.6) is 0 Å². The minimum atomic E-state index is 0.585. The van der Waals surface area contributed by atoms with Gasteiger partial charge in [-0.3, -0.25) is 0 Å². The SMILES string of the molecule is C=CCCC1CCC(C2CCC(COC3CCC(CCC)CC3)CC2)CC1. The lowest BCUT2D eigenvalue weighted by atomic mass is 9.69. The van der Waals surface area contributed by atoms with E-state index in [4.69, 9.17) is 4.74 Å². The summed E-state index contributed by atoms with van der Waals surface area (Å²) in [7, 11) is 0. The van der Waals surface area contributed by atoms with Crippen LogP contribution in [0.2, 0.25) is 0 Å². The van der Waals surface area contributed by atoms with Crippen LogP contribution in [0, 0.1) is 29.6 Å². The molecule has 3 aliphatic carbocycles. The van der Waals surface area contributed by atoms with Crippen molar-refractivity contribution >= 4 is 0 Å². The Bertz CT molecular complexity index is 392. The summed E-state index contributed by atoms with van der Waals surface area (Å²) in [5.41, 5.74) is 0. The van der Waals surface area contributed by atoms with Crippen molar-refractivity contribution in [3.8, 4) is 0 Å². The molecule has 0 radical (unpaired) electrons. The van der Waals surface area contributed by atoms with Crippen molar-refractivity contribution in [3.63, 3.8) is 0 Å². The molecule has 0 aliphatic heterocycles. The van der Waals surface area contributed by atoms with Gasteiger partial charge in [-0.15, -0.1) is 6.58 Å². The van der Waals surface area contributed by atoms with Crippen LogP contribution in [0.1, 0.15) is 110 Å². The summed E-state index contributed by atoms with van der Waals surface area (Å²) >= 11 is 0. The van der Waals surface area contributed by atoms with Gasteiger partial charge in [-0.05, 0) is 107 Å². The maximum Gasteiger partial charge on any atom is 0.0575 e. The molecule has 0 aromatic carbocycles. The number of hydrogen-bond donors (Lipinski definition) is 0. The molecule has 0 atom stereocenters. The van der Waals surface area contributed by atoms with Crippen molar-refractivity contribution < 1.29 is 4.74 Å². The average Bonchev–Trinajstić information content (AvgIpc) is 2.73. The fourth-order valence-electron chi connectivity index (χ4n) is 6.40. The highest BCUT2D eigenvalue weighted by Gasteiger charge is 2.31. The molecule has 0 N–H and O–H groups in total. The quantitative estimate of drug-likeness (QED) is 0.372. The monoisotopic (exact) mass is 374 g/mol. The first-order valence-electron chi connectivity index (χ1n) is 12.5. The minimum Gasteiger partial charge on any atom is -0.378 e. The first kappa shape index (κ1) is 21.4. The molecule has 156 valence electrons. The van der Waals surface area contributed by atoms with Gasteiger partial charge in [0.05, 0.1) is 6.10 Å². The standard InChI is InChI=1S/C26H46O/c1-3-5-7-22-8-14-24(15-9-22)25-16-10-23(11-17-25)20-27-26-18-12-21(6-4-2)13-19-26/h3,21-26H,1,4-20H2,2H3. The van der Waals surface area contributed by atoms with Crippen LogP contribution in [0.4, 0.5) is 0 Å². The van der Waals surface area contributed by atoms with Gasteiger partial charge in [0, 0.05) is 6.61 Å². The van der Waals surface area contributed by atoms with Crippen molar-refractivity contribution in [2.75, 3.05) is 6.61 Å². The van der Waals surface area contributed by atoms with E-state index in [1.807, 2.05) is 0 Å². The van der Waals surface area contributed by atoms with E-state index in [-0.39, 0.29) is 0 Å². The minimum absolute atomic E-state index is 0.585. The van der Waals surface area contributed by atoms with Crippen molar-refractivity contribution in [3.05, 3.63) is 12.7 Å². The molecule has 3 saturated carbocycles. The Morgan fingerprint density at radius 2 is 1.22 bits per heavy atom. The zero-order valence-electron chi connectivity index (χ0n) is 18.2. The number of ether oxygens (including phenoxy) is 1. The van der Waals surface area contributed by atoms with E-state index in [1.165, 1.54) is 103 Å². The molecule has 3 fully saturated rings. The van der Waals surface area contributed by atoms with E-state index in [1.54, 1.807) is 0 Å². The Labute approximate surface area is 169 Å². The van der Waals surface area contributed by atoms with Gasteiger partial charge in [0.25, 0.3) is 0 Å². The Kier molecular flexibility index (Phi) is 9.23. The second-order valence-electron chi connectivity index (χ2n) is 10.2. The molecule has 0 aromatic rings. The Morgan fingerprint density at radius 3 is 1.78 bits per heavy atom. The highest BCUT2D eigenvalue weighted by molar-refractivity contribution is 4.83. The van der Waals surface area contributed by atoms with Gasteiger partial charge >= 0.3 is 0 Å². The van der Waals surface area contributed by atoms with E-state index < -0.39 is 0 Å². The molecule has 0 saturated heterocycles. The number of allylic oxidation sites excluding steroid dienone is 1. The zero-order valence-corrected chi connectivity index (χ0v) is 18.2. The molecule has 0 aromatic heterocycles. The number of rotatable bonds is 9. The van der Waals surface area contributed by atoms with Gasteiger partial charge in [0.2, 0.25) is 0 Å². The lowest BCUT2D eigenvalue weighted by molar-refractivity contribution is -0.0129. The Balaban J connectivity index is 1.27. The van der Waals surface area contributed by atoms with E-state index >= 15 is 0 Å². The van der Waals surface area contributed by atoms with Gasteiger partial charge < -0.3 is 4.74 Å². The molecule has 0 spiro atoms. The predicted molar refractivity (Wildman–Crippen MR) is 117 cm³/mol. The van der Waals surface area contributed by atoms with Gasteiger partial charge in [0.1, 0.15) is 0 Å². The molecule has 1 nitrogen and oxygen atoms in total. The van der Waals surface area contributed by atoms with Crippen LogP contribution in [0.15, 0.2) is 12.7 Å². The lowest BCUT2D eigenvalue weighted by Crippen LogP contribution is -2.29. The van der Waals surface area contributed by atoms with Gasteiger partial charge in [-0.25, -0.2) is 0 Å². The summed E-state index contributed by atoms with van der Waals surface area (Å²) in [6.07, 6.45) is 25.4. The van der Waals surface area contributed by atoms with Crippen molar-refractivity contribution in [2.24, 2.45) is 29.6 Å². The van der Waals surface area contributed by atoms with Crippen LogP contribution in [0.25, 0.3) is 0 Å². The molecule has 1 heteroatoms. The zero-order chi connectivity index (χ0) is 18.9. The number of hydrogen-bond acceptors (Lipinski definition) is 1. The highest BCUT2D eigenvalue weighted by Crippen LogP contribution is 2.42. The first-order valence-corrected chi connectivity index (χ1v) is 12.5. The topological polar surface area (TPSA) is 9.23 Å². The van der Waals surface area contributed by atoms with Crippen molar-refractivity contribution in [2.45, 2.75) is 116 Å². The third-order valence-electron chi connectivity index (χ3n) is 8.29. The molecular weight excluding hydrogens is 328 g/mol. The molecular formula is C26H46O. The highest BCUT2D eigenvalue weighted by atomic mass is 16.5.